The predicted octanol–water partition coefficient (Wildman–Crippen LogP) is 4.43. The largest absolute Gasteiger partial charge is 0.462 e. The summed E-state index contributed by atoms with van der Waals surface area (Å²) in [6.45, 7) is 2.07. The van der Waals surface area contributed by atoms with Crippen molar-refractivity contribution in [3.05, 3.63) is 70.3 Å². The normalized spacial score (nSPS) is 10.5. The van der Waals surface area contributed by atoms with Crippen LogP contribution >= 0.6 is 15.9 Å². The maximum atomic E-state index is 12.4. The van der Waals surface area contributed by atoms with Gasteiger partial charge in [0.1, 0.15) is 0 Å². The molecular formula is C19H15BrN2O3. The summed E-state index contributed by atoms with van der Waals surface area (Å²) >= 11 is 3.37. The van der Waals surface area contributed by atoms with Crippen molar-refractivity contribution in [2.45, 2.75) is 6.92 Å². The first-order valence-electron chi connectivity index (χ1n) is 7.71. The molecule has 1 aromatic heterocycles. The van der Waals surface area contributed by atoms with E-state index in [9.17, 15) is 9.59 Å². The Morgan fingerprint density at radius 3 is 2.72 bits per heavy atom. The molecule has 0 aliphatic carbocycles. The second kappa shape index (κ2) is 7.44. The molecule has 0 fully saturated rings. The lowest BCUT2D eigenvalue weighted by atomic mass is 10.1. The lowest BCUT2D eigenvalue weighted by molar-refractivity contribution is 0.0526. The number of esters is 1. The zero-order valence-electron chi connectivity index (χ0n) is 13.5. The summed E-state index contributed by atoms with van der Waals surface area (Å²) in [4.78, 5) is 28.4. The van der Waals surface area contributed by atoms with Crippen LogP contribution in [0.3, 0.4) is 0 Å². The highest BCUT2D eigenvalue weighted by Gasteiger charge is 2.11. The van der Waals surface area contributed by atoms with Crippen LogP contribution in [0.15, 0.2) is 59.2 Å². The molecule has 0 saturated heterocycles. The number of rotatable bonds is 4. The molecule has 25 heavy (non-hydrogen) atoms. The summed E-state index contributed by atoms with van der Waals surface area (Å²) in [5, 5.41) is 3.64. The quantitative estimate of drug-likeness (QED) is 0.660. The molecule has 3 rings (SSSR count). The number of anilines is 1. The highest BCUT2D eigenvalue weighted by Crippen LogP contribution is 2.21. The molecule has 126 valence electrons. The van der Waals surface area contributed by atoms with Gasteiger partial charge in [0, 0.05) is 21.7 Å². The Hall–Kier alpha value is -2.73. The van der Waals surface area contributed by atoms with Gasteiger partial charge in [-0.15, -0.1) is 0 Å². The van der Waals surface area contributed by atoms with E-state index in [1.54, 1.807) is 43.3 Å². The number of benzene rings is 2. The van der Waals surface area contributed by atoms with Crippen molar-refractivity contribution in [3.8, 4) is 0 Å². The third kappa shape index (κ3) is 3.85. The topological polar surface area (TPSA) is 68.3 Å². The molecule has 0 spiro atoms. The number of carbonyl (C=O) groups is 2. The van der Waals surface area contributed by atoms with Crippen LogP contribution in [-0.2, 0) is 4.74 Å². The van der Waals surface area contributed by atoms with Crippen molar-refractivity contribution in [2.75, 3.05) is 11.9 Å². The fourth-order valence-electron chi connectivity index (χ4n) is 2.37. The molecule has 6 heteroatoms. The second-order valence-corrected chi connectivity index (χ2v) is 6.14. The standard InChI is InChI=1S/C19H15BrN2O3/c1-2-25-19(24)13-9-12-7-8-14(10-17(12)21-11-13)22-18(23)15-5-3-4-6-16(15)20/h3-11H,2H2,1H3,(H,22,23). The number of ether oxygens (including phenoxy) is 1. The van der Waals surface area contributed by atoms with Crippen LogP contribution < -0.4 is 5.32 Å². The van der Waals surface area contributed by atoms with E-state index in [-0.39, 0.29) is 5.91 Å². The summed E-state index contributed by atoms with van der Waals surface area (Å²) in [7, 11) is 0. The number of pyridine rings is 1. The van der Waals surface area contributed by atoms with Gasteiger partial charge in [-0.05, 0) is 53.2 Å². The number of aromatic nitrogens is 1. The van der Waals surface area contributed by atoms with Gasteiger partial charge in [0.05, 0.1) is 23.3 Å². The number of hydrogen-bond acceptors (Lipinski definition) is 4. The minimum Gasteiger partial charge on any atom is -0.462 e. The molecule has 0 atom stereocenters. The molecule has 0 aliphatic rings. The Bertz CT molecular complexity index is 956. The summed E-state index contributed by atoms with van der Waals surface area (Å²) in [5.41, 5.74) is 2.26. The summed E-state index contributed by atoms with van der Waals surface area (Å²) < 4.78 is 5.70. The minimum absolute atomic E-state index is 0.213. The highest BCUT2D eigenvalue weighted by atomic mass is 79.9. The van der Waals surface area contributed by atoms with Crippen molar-refractivity contribution < 1.29 is 14.3 Å². The van der Waals surface area contributed by atoms with E-state index in [0.717, 1.165) is 9.86 Å². The van der Waals surface area contributed by atoms with E-state index >= 15 is 0 Å². The smallest absolute Gasteiger partial charge is 0.339 e. The fourth-order valence-corrected chi connectivity index (χ4v) is 2.83. The van der Waals surface area contributed by atoms with Crippen molar-refractivity contribution in [3.63, 3.8) is 0 Å². The Morgan fingerprint density at radius 2 is 1.96 bits per heavy atom. The average Bonchev–Trinajstić information content (AvgIpc) is 2.61. The number of amides is 1. The first-order chi connectivity index (χ1) is 12.1. The van der Waals surface area contributed by atoms with Gasteiger partial charge >= 0.3 is 5.97 Å². The Kier molecular flexibility index (Phi) is 5.09. The van der Waals surface area contributed by atoms with Gasteiger partial charge in [0.2, 0.25) is 0 Å². The van der Waals surface area contributed by atoms with E-state index in [0.29, 0.717) is 28.9 Å². The van der Waals surface area contributed by atoms with Gasteiger partial charge in [0.25, 0.3) is 5.91 Å². The molecule has 1 N–H and O–H groups in total. The van der Waals surface area contributed by atoms with E-state index in [4.69, 9.17) is 4.74 Å². The lowest BCUT2D eigenvalue weighted by Gasteiger charge is -2.08. The molecular weight excluding hydrogens is 384 g/mol. The number of hydrogen-bond donors (Lipinski definition) is 1. The number of halogens is 1. The highest BCUT2D eigenvalue weighted by molar-refractivity contribution is 9.10. The third-order valence-electron chi connectivity index (χ3n) is 3.57. The maximum Gasteiger partial charge on any atom is 0.339 e. The molecule has 0 radical (unpaired) electrons. The van der Waals surface area contributed by atoms with Crippen molar-refractivity contribution in [1.29, 1.82) is 0 Å². The van der Waals surface area contributed by atoms with Gasteiger partial charge < -0.3 is 10.1 Å². The zero-order chi connectivity index (χ0) is 17.8. The van der Waals surface area contributed by atoms with Crippen LogP contribution in [0.4, 0.5) is 5.69 Å². The summed E-state index contributed by atoms with van der Waals surface area (Å²) in [5.74, 6) is -0.613. The van der Waals surface area contributed by atoms with Crippen LogP contribution in [0.5, 0.6) is 0 Å². The Morgan fingerprint density at radius 1 is 1.16 bits per heavy atom. The molecule has 5 nitrogen and oxygen atoms in total. The third-order valence-corrected chi connectivity index (χ3v) is 4.26. The van der Waals surface area contributed by atoms with E-state index in [1.807, 2.05) is 12.1 Å². The molecule has 3 aromatic rings. The second-order valence-electron chi connectivity index (χ2n) is 5.29. The molecule has 2 aromatic carbocycles. The molecule has 1 amide bonds. The maximum absolute atomic E-state index is 12.4. The van der Waals surface area contributed by atoms with Gasteiger partial charge in [-0.1, -0.05) is 18.2 Å². The minimum atomic E-state index is -0.400. The monoisotopic (exact) mass is 398 g/mol. The number of nitrogens with one attached hydrogen (secondary N) is 1. The number of fused-ring (bicyclic) bond motifs is 1. The zero-order valence-corrected chi connectivity index (χ0v) is 15.0. The fraction of sp³-hybridized carbons (Fsp3) is 0.105. The molecule has 0 aliphatic heterocycles. The van der Waals surface area contributed by atoms with Crippen molar-refractivity contribution in [1.82, 2.24) is 4.98 Å². The van der Waals surface area contributed by atoms with Gasteiger partial charge in [-0.25, -0.2) is 4.79 Å². The molecule has 0 bridgehead atoms. The van der Waals surface area contributed by atoms with E-state index in [2.05, 4.69) is 26.2 Å². The summed E-state index contributed by atoms with van der Waals surface area (Å²) in [6, 6.07) is 14.3. The molecule has 1 heterocycles. The van der Waals surface area contributed by atoms with Crippen LogP contribution in [0, 0.1) is 0 Å². The Balaban J connectivity index is 1.84. The number of nitrogens with zero attached hydrogens (tertiary/aromatic N) is 1. The Labute approximate surface area is 153 Å². The molecule has 0 unspecified atom stereocenters. The summed E-state index contributed by atoms with van der Waals surface area (Å²) in [6.07, 6.45) is 1.47. The average molecular weight is 399 g/mol. The van der Waals surface area contributed by atoms with E-state index in [1.165, 1.54) is 6.20 Å². The first-order valence-corrected chi connectivity index (χ1v) is 8.50. The van der Waals surface area contributed by atoms with Crippen molar-refractivity contribution >= 4 is 44.4 Å². The van der Waals surface area contributed by atoms with Crippen LogP contribution in [0.1, 0.15) is 27.6 Å². The van der Waals surface area contributed by atoms with Gasteiger partial charge in [0.15, 0.2) is 0 Å². The van der Waals surface area contributed by atoms with Crippen molar-refractivity contribution in [2.24, 2.45) is 0 Å². The number of carbonyl (C=O) groups excluding carboxylic acids is 2. The van der Waals surface area contributed by atoms with Gasteiger partial charge in [-0.2, -0.15) is 0 Å². The van der Waals surface area contributed by atoms with E-state index < -0.39 is 5.97 Å². The predicted molar refractivity (Wildman–Crippen MR) is 99.8 cm³/mol. The van der Waals surface area contributed by atoms with Crippen LogP contribution in [0.2, 0.25) is 0 Å². The lowest BCUT2D eigenvalue weighted by Crippen LogP contribution is -2.12. The van der Waals surface area contributed by atoms with Crippen LogP contribution in [0.25, 0.3) is 10.9 Å². The van der Waals surface area contributed by atoms with Crippen LogP contribution in [-0.4, -0.2) is 23.5 Å². The van der Waals surface area contributed by atoms with Gasteiger partial charge in [-0.3, -0.25) is 9.78 Å². The first kappa shape index (κ1) is 17.1. The SMILES string of the molecule is CCOC(=O)c1cnc2cc(NC(=O)c3ccccc3Br)ccc2c1. The molecule has 0 saturated carbocycles.